The molecule has 2 bridgehead atoms. The van der Waals surface area contributed by atoms with Gasteiger partial charge in [0.1, 0.15) is 0 Å². The van der Waals surface area contributed by atoms with Gasteiger partial charge in [0.2, 0.25) is 10.0 Å². The molecule has 3 unspecified atom stereocenters. The average molecular weight is 328 g/mol. The first-order chi connectivity index (χ1) is 10.0. The van der Waals surface area contributed by atoms with Gasteiger partial charge in [-0.05, 0) is 31.4 Å². The predicted molar refractivity (Wildman–Crippen MR) is 84.8 cm³/mol. The summed E-state index contributed by atoms with van der Waals surface area (Å²) in [5.74, 6) is 0.588. The molecule has 2 heterocycles. The zero-order valence-electron chi connectivity index (χ0n) is 11.7. The van der Waals surface area contributed by atoms with Gasteiger partial charge >= 0.3 is 0 Å². The SMILES string of the molecule is Nc1ccccc1SCCS(=O)(=O)NC1CC2CCC1O2. The second kappa shape index (κ2) is 6.16. The van der Waals surface area contributed by atoms with E-state index < -0.39 is 10.0 Å². The lowest BCUT2D eigenvalue weighted by atomic mass is 9.96. The smallest absolute Gasteiger partial charge is 0.212 e. The van der Waals surface area contributed by atoms with Crippen LogP contribution in [0.3, 0.4) is 0 Å². The third-order valence-electron chi connectivity index (χ3n) is 3.97. The molecule has 2 saturated heterocycles. The normalized spacial score (nSPS) is 28.1. The Kier molecular flexibility index (Phi) is 4.44. The molecule has 0 aliphatic carbocycles. The number of fused-ring (bicyclic) bond motifs is 2. The van der Waals surface area contributed by atoms with E-state index in [0.29, 0.717) is 11.4 Å². The quantitative estimate of drug-likeness (QED) is 0.612. The summed E-state index contributed by atoms with van der Waals surface area (Å²) >= 11 is 1.47. The van der Waals surface area contributed by atoms with Crippen LogP contribution in [0.5, 0.6) is 0 Å². The highest BCUT2D eigenvalue weighted by Gasteiger charge is 2.42. The molecular formula is C14H20N2O3S2. The number of hydrogen-bond donors (Lipinski definition) is 2. The second-order valence-corrected chi connectivity index (χ2v) is 8.55. The zero-order valence-corrected chi connectivity index (χ0v) is 13.3. The van der Waals surface area contributed by atoms with Crippen LogP contribution in [0.15, 0.2) is 29.2 Å². The number of thioether (sulfide) groups is 1. The summed E-state index contributed by atoms with van der Waals surface area (Å²) in [6.07, 6.45) is 3.16. The highest BCUT2D eigenvalue weighted by Crippen LogP contribution is 2.34. The van der Waals surface area contributed by atoms with Gasteiger partial charge in [0.05, 0.1) is 24.0 Å². The van der Waals surface area contributed by atoms with Crippen molar-refractivity contribution < 1.29 is 13.2 Å². The number of nitrogens with two attached hydrogens (primary N) is 1. The van der Waals surface area contributed by atoms with Crippen LogP contribution in [-0.2, 0) is 14.8 Å². The van der Waals surface area contributed by atoms with Crippen molar-refractivity contribution in [2.45, 2.75) is 42.4 Å². The predicted octanol–water partition coefficient (Wildman–Crippen LogP) is 1.60. The molecule has 0 saturated carbocycles. The molecule has 2 aliphatic heterocycles. The van der Waals surface area contributed by atoms with Crippen molar-refractivity contribution in [1.82, 2.24) is 4.72 Å². The topological polar surface area (TPSA) is 81.4 Å². The summed E-state index contributed by atoms with van der Waals surface area (Å²) in [6.45, 7) is 0. The van der Waals surface area contributed by atoms with Crippen LogP contribution in [0.2, 0.25) is 0 Å². The van der Waals surface area contributed by atoms with Crippen molar-refractivity contribution in [3.8, 4) is 0 Å². The van der Waals surface area contributed by atoms with Crippen LogP contribution < -0.4 is 10.5 Å². The number of ether oxygens (including phenoxy) is 1. The molecule has 3 atom stereocenters. The minimum absolute atomic E-state index is 0.0412. The number of anilines is 1. The lowest BCUT2D eigenvalue weighted by Gasteiger charge is -2.19. The monoisotopic (exact) mass is 328 g/mol. The average Bonchev–Trinajstić information content (AvgIpc) is 3.02. The molecule has 0 amide bonds. The number of nitrogen functional groups attached to an aromatic ring is 1. The number of benzene rings is 1. The van der Waals surface area contributed by atoms with E-state index in [1.165, 1.54) is 11.8 Å². The largest absolute Gasteiger partial charge is 0.398 e. The van der Waals surface area contributed by atoms with Gasteiger partial charge < -0.3 is 10.5 Å². The molecule has 1 aromatic carbocycles. The van der Waals surface area contributed by atoms with E-state index >= 15 is 0 Å². The lowest BCUT2D eigenvalue weighted by molar-refractivity contribution is 0.0996. The van der Waals surface area contributed by atoms with Crippen molar-refractivity contribution in [3.63, 3.8) is 0 Å². The maximum absolute atomic E-state index is 12.1. The third-order valence-corrected chi connectivity index (χ3v) is 6.72. The first-order valence-corrected chi connectivity index (χ1v) is 9.80. The Balaban J connectivity index is 1.49. The van der Waals surface area contributed by atoms with E-state index in [1.54, 1.807) is 0 Å². The van der Waals surface area contributed by atoms with Crippen molar-refractivity contribution in [2.75, 3.05) is 17.2 Å². The van der Waals surface area contributed by atoms with Gasteiger partial charge in [-0.3, -0.25) is 0 Å². The number of hydrogen-bond acceptors (Lipinski definition) is 5. The summed E-state index contributed by atoms with van der Waals surface area (Å²) in [4.78, 5) is 0.927. The van der Waals surface area contributed by atoms with Gasteiger partial charge in [0, 0.05) is 16.3 Å². The molecule has 5 nitrogen and oxygen atoms in total. The maximum Gasteiger partial charge on any atom is 0.212 e. The molecule has 21 heavy (non-hydrogen) atoms. The van der Waals surface area contributed by atoms with Gasteiger partial charge in [-0.15, -0.1) is 11.8 Å². The van der Waals surface area contributed by atoms with Crippen LogP contribution in [0.1, 0.15) is 19.3 Å². The van der Waals surface area contributed by atoms with E-state index in [4.69, 9.17) is 10.5 Å². The molecule has 3 N–H and O–H groups in total. The fourth-order valence-corrected chi connectivity index (χ4v) is 5.59. The fourth-order valence-electron chi connectivity index (χ4n) is 2.92. The van der Waals surface area contributed by atoms with Gasteiger partial charge in [-0.2, -0.15) is 0 Å². The Morgan fingerprint density at radius 2 is 2.14 bits per heavy atom. The van der Waals surface area contributed by atoms with Crippen LogP contribution in [0.25, 0.3) is 0 Å². The summed E-state index contributed by atoms with van der Waals surface area (Å²) in [7, 11) is -3.26. The zero-order chi connectivity index (χ0) is 14.9. The number of para-hydroxylation sites is 1. The Morgan fingerprint density at radius 1 is 1.33 bits per heavy atom. The molecular weight excluding hydrogens is 308 g/mol. The van der Waals surface area contributed by atoms with E-state index in [1.807, 2.05) is 24.3 Å². The van der Waals surface area contributed by atoms with E-state index in [0.717, 1.165) is 24.2 Å². The standard InChI is InChI=1S/C14H20N2O3S2/c15-11-3-1-2-4-14(11)20-7-8-21(17,18)16-12-9-10-5-6-13(12)19-10/h1-4,10,12-13,16H,5-9,15H2. The molecule has 116 valence electrons. The molecule has 7 heteroatoms. The molecule has 1 aromatic rings. The van der Waals surface area contributed by atoms with Gasteiger partial charge in [-0.25, -0.2) is 13.1 Å². The molecule has 0 spiro atoms. The van der Waals surface area contributed by atoms with E-state index in [-0.39, 0.29) is 24.0 Å². The number of sulfonamides is 1. The Hall–Kier alpha value is -0.760. The van der Waals surface area contributed by atoms with Crippen LogP contribution in [0.4, 0.5) is 5.69 Å². The first kappa shape index (κ1) is 15.1. The second-order valence-electron chi connectivity index (χ2n) is 5.54. The fraction of sp³-hybridized carbons (Fsp3) is 0.571. The van der Waals surface area contributed by atoms with Crippen molar-refractivity contribution in [3.05, 3.63) is 24.3 Å². The van der Waals surface area contributed by atoms with E-state index in [2.05, 4.69) is 4.72 Å². The molecule has 2 aliphatic rings. The summed E-state index contributed by atoms with van der Waals surface area (Å²) in [5, 5.41) is 0. The Morgan fingerprint density at radius 3 is 2.81 bits per heavy atom. The Labute approximate surface area is 129 Å². The molecule has 0 radical (unpaired) electrons. The Bertz CT molecular complexity index is 606. The van der Waals surface area contributed by atoms with E-state index in [9.17, 15) is 8.42 Å². The minimum Gasteiger partial charge on any atom is -0.398 e. The number of nitrogens with one attached hydrogen (secondary N) is 1. The van der Waals surface area contributed by atoms with Crippen molar-refractivity contribution >= 4 is 27.5 Å². The van der Waals surface area contributed by atoms with Gasteiger partial charge in [0.15, 0.2) is 0 Å². The lowest BCUT2D eigenvalue weighted by Crippen LogP contribution is -2.42. The van der Waals surface area contributed by atoms with Crippen LogP contribution >= 0.6 is 11.8 Å². The van der Waals surface area contributed by atoms with Gasteiger partial charge in [0.25, 0.3) is 0 Å². The summed E-state index contributed by atoms with van der Waals surface area (Å²) < 4.78 is 32.7. The molecule has 3 rings (SSSR count). The highest BCUT2D eigenvalue weighted by atomic mass is 32.2. The maximum atomic E-state index is 12.1. The highest BCUT2D eigenvalue weighted by molar-refractivity contribution is 8.00. The van der Waals surface area contributed by atoms with Crippen LogP contribution in [0, 0.1) is 0 Å². The minimum atomic E-state index is -3.26. The van der Waals surface area contributed by atoms with Gasteiger partial charge in [-0.1, -0.05) is 12.1 Å². The first-order valence-electron chi connectivity index (χ1n) is 7.16. The molecule has 2 fully saturated rings. The van der Waals surface area contributed by atoms with Crippen molar-refractivity contribution in [1.29, 1.82) is 0 Å². The summed E-state index contributed by atoms with van der Waals surface area (Å²) in [5.41, 5.74) is 6.53. The summed E-state index contributed by atoms with van der Waals surface area (Å²) in [6, 6.07) is 7.46. The van der Waals surface area contributed by atoms with Crippen molar-refractivity contribution in [2.24, 2.45) is 0 Å². The third kappa shape index (κ3) is 3.71. The number of rotatable bonds is 6. The van der Waals surface area contributed by atoms with Crippen LogP contribution in [-0.4, -0.2) is 38.2 Å². The molecule has 0 aromatic heterocycles.